The average molecular weight is 324 g/mol. The normalized spacial score (nSPS) is 17.1. The fourth-order valence-corrected chi connectivity index (χ4v) is 2.97. The van der Waals surface area contributed by atoms with Gasteiger partial charge < -0.3 is 0 Å². The van der Waals surface area contributed by atoms with E-state index in [9.17, 15) is 4.79 Å². The van der Waals surface area contributed by atoms with E-state index < -0.39 is 0 Å². The molecule has 1 aliphatic heterocycles. The minimum atomic E-state index is 0.0586. The molecule has 3 rings (SSSR count). The van der Waals surface area contributed by atoms with Crippen molar-refractivity contribution in [1.29, 1.82) is 0 Å². The Morgan fingerprint density at radius 1 is 1.22 bits per heavy atom. The fraction of sp³-hybridized carbons (Fsp3) is 0.176. The molecular formula is C17H16N4OS. The van der Waals surface area contributed by atoms with Gasteiger partial charge in [0.15, 0.2) is 5.17 Å². The highest BCUT2D eigenvalue weighted by atomic mass is 32.2. The van der Waals surface area contributed by atoms with Gasteiger partial charge in [-0.25, -0.2) is 0 Å². The summed E-state index contributed by atoms with van der Waals surface area (Å²) in [4.78, 5) is 18.0. The Hall–Kier alpha value is -2.47. The van der Waals surface area contributed by atoms with Crippen LogP contribution < -0.4 is 0 Å². The highest BCUT2D eigenvalue weighted by molar-refractivity contribution is 8.15. The molecule has 2 aromatic rings. The van der Waals surface area contributed by atoms with Gasteiger partial charge in [0, 0.05) is 6.20 Å². The molecule has 1 saturated heterocycles. The van der Waals surface area contributed by atoms with Crippen LogP contribution in [-0.4, -0.2) is 32.4 Å². The zero-order valence-corrected chi connectivity index (χ0v) is 13.5. The smallest absolute Gasteiger partial charge is 0.239 e. The zero-order chi connectivity index (χ0) is 16.1. The van der Waals surface area contributed by atoms with Crippen molar-refractivity contribution in [2.75, 3.05) is 5.75 Å². The van der Waals surface area contributed by atoms with Gasteiger partial charge in [0.1, 0.15) is 0 Å². The van der Waals surface area contributed by atoms with Crippen LogP contribution in [0.4, 0.5) is 0 Å². The maximum atomic E-state index is 12.1. The van der Waals surface area contributed by atoms with Crippen LogP contribution in [0.5, 0.6) is 0 Å². The first-order chi connectivity index (χ1) is 11.2. The Morgan fingerprint density at radius 3 is 2.74 bits per heavy atom. The number of carbonyl (C=O) groups is 1. The van der Waals surface area contributed by atoms with Gasteiger partial charge in [-0.05, 0) is 24.6 Å². The van der Waals surface area contributed by atoms with Gasteiger partial charge in [0.05, 0.1) is 23.7 Å². The van der Waals surface area contributed by atoms with Crippen molar-refractivity contribution in [2.45, 2.75) is 13.5 Å². The summed E-state index contributed by atoms with van der Waals surface area (Å²) < 4.78 is 0. The second kappa shape index (κ2) is 7.19. The summed E-state index contributed by atoms with van der Waals surface area (Å²) in [6, 6.07) is 15.5. The monoisotopic (exact) mass is 324 g/mol. The number of hydrogen-bond acceptors (Lipinski definition) is 5. The Morgan fingerprint density at radius 2 is 2.00 bits per heavy atom. The number of benzene rings is 1. The Bertz CT molecular complexity index is 744. The molecule has 0 bridgehead atoms. The molecular weight excluding hydrogens is 308 g/mol. The fourth-order valence-electron chi connectivity index (χ4n) is 2.14. The minimum absolute atomic E-state index is 0.0586. The number of aromatic nitrogens is 1. The van der Waals surface area contributed by atoms with Crippen LogP contribution in [0, 0.1) is 0 Å². The predicted molar refractivity (Wildman–Crippen MR) is 93.3 cm³/mol. The van der Waals surface area contributed by atoms with E-state index in [4.69, 9.17) is 0 Å². The van der Waals surface area contributed by atoms with Gasteiger partial charge in [-0.2, -0.15) is 5.10 Å². The van der Waals surface area contributed by atoms with Crippen molar-refractivity contribution in [3.05, 3.63) is 66.0 Å². The molecule has 6 heteroatoms. The molecule has 0 saturated carbocycles. The predicted octanol–water partition coefficient (Wildman–Crippen LogP) is 2.94. The molecule has 116 valence electrons. The van der Waals surface area contributed by atoms with Crippen molar-refractivity contribution in [2.24, 2.45) is 10.2 Å². The highest BCUT2D eigenvalue weighted by Gasteiger charge is 2.28. The summed E-state index contributed by atoms with van der Waals surface area (Å²) in [5, 5.41) is 9.12. The largest absolute Gasteiger partial charge is 0.285 e. The molecule has 1 fully saturated rings. The van der Waals surface area contributed by atoms with E-state index >= 15 is 0 Å². The molecule has 0 atom stereocenters. The maximum Gasteiger partial charge on any atom is 0.239 e. The van der Waals surface area contributed by atoms with Gasteiger partial charge in [-0.15, -0.1) is 5.10 Å². The van der Waals surface area contributed by atoms with Crippen LogP contribution in [0.1, 0.15) is 18.2 Å². The van der Waals surface area contributed by atoms with Crippen LogP contribution in [0.3, 0.4) is 0 Å². The number of rotatable bonds is 4. The number of amidine groups is 1. The van der Waals surface area contributed by atoms with Crippen molar-refractivity contribution in [1.82, 2.24) is 9.88 Å². The summed E-state index contributed by atoms with van der Waals surface area (Å²) >= 11 is 1.41. The van der Waals surface area contributed by atoms with Crippen LogP contribution in [0.25, 0.3) is 0 Å². The molecule has 0 N–H and O–H groups in total. The molecule has 1 amide bonds. The lowest BCUT2D eigenvalue weighted by atomic mass is 10.2. The first-order valence-corrected chi connectivity index (χ1v) is 8.23. The highest BCUT2D eigenvalue weighted by Crippen LogP contribution is 2.22. The third kappa shape index (κ3) is 3.84. The first kappa shape index (κ1) is 15.4. The lowest BCUT2D eigenvalue weighted by Crippen LogP contribution is -2.28. The minimum Gasteiger partial charge on any atom is -0.285 e. The van der Waals surface area contributed by atoms with E-state index in [2.05, 4.69) is 15.2 Å². The molecule has 2 heterocycles. The average Bonchev–Trinajstić information content (AvgIpc) is 2.94. The Labute approximate surface area is 139 Å². The molecule has 0 aliphatic carbocycles. The van der Waals surface area contributed by atoms with Gasteiger partial charge in [0.2, 0.25) is 5.91 Å². The molecule has 23 heavy (non-hydrogen) atoms. The molecule has 1 aliphatic rings. The summed E-state index contributed by atoms with van der Waals surface area (Å²) in [6.45, 7) is 2.37. The quantitative estimate of drug-likeness (QED) is 0.642. The van der Waals surface area contributed by atoms with Crippen molar-refractivity contribution < 1.29 is 4.79 Å². The Kier molecular flexibility index (Phi) is 4.83. The van der Waals surface area contributed by atoms with E-state index in [-0.39, 0.29) is 5.91 Å². The number of nitrogens with zero attached hydrogens (tertiary/aromatic N) is 4. The van der Waals surface area contributed by atoms with E-state index in [0.29, 0.717) is 17.5 Å². The van der Waals surface area contributed by atoms with E-state index in [1.807, 2.05) is 55.5 Å². The third-order valence-corrected chi connectivity index (χ3v) is 4.31. The number of carbonyl (C=O) groups excluding carboxylic acids is 1. The van der Waals surface area contributed by atoms with Crippen LogP contribution in [-0.2, 0) is 11.3 Å². The van der Waals surface area contributed by atoms with Crippen LogP contribution in [0.15, 0.2) is 64.9 Å². The first-order valence-electron chi connectivity index (χ1n) is 7.25. The second-order valence-electron chi connectivity index (χ2n) is 5.04. The van der Waals surface area contributed by atoms with Gasteiger partial charge in [-0.1, -0.05) is 48.2 Å². The van der Waals surface area contributed by atoms with Crippen molar-refractivity contribution in [3.63, 3.8) is 0 Å². The molecule has 0 spiro atoms. The molecule has 5 nitrogen and oxygen atoms in total. The summed E-state index contributed by atoms with van der Waals surface area (Å²) in [5.74, 6) is 0.465. The topological polar surface area (TPSA) is 57.9 Å². The lowest BCUT2D eigenvalue weighted by molar-refractivity contribution is -0.124. The van der Waals surface area contributed by atoms with Gasteiger partial charge in [-0.3, -0.25) is 14.7 Å². The third-order valence-electron chi connectivity index (χ3n) is 3.36. The van der Waals surface area contributed by atoms with Gasteiger partial charge >= 0.3 is 0 Å². The number of amides is 1. The van der Waals surface area contributed by atoms with E-state index in [0.717, 1.165) is 17.0 Å². The number of hydrogen-bond donors (Lipinski definition) is 0. The zero-order valence-electron chi connectivity index (χ0n) is 12.7. The Balaban J connectivity index is 1.79. The SMILES string of the molecule is C/C(=N\N=C1\SCC(=O)N1Cc1ccccc1)c1ccccn1. The standard InChI is InChI=1S/C17H16N4OS/c1-13(15-9-5-6-10-18-15)19-20-17-21(16(22)12-23-17)11-14-7-3-2-4-8-14/h2-10H,11-12H2,1H3/b19-13+,20-17+. The van der Waals surface area contributed by atoms with E-state index in [1.54, 1.807) is 11.1 Å². The van der Waals surface area contributed by atoms with Crippen LogP contribution in [0.2, 0.25) is 0 Å². The van der Waals surface area contributed by atoms with Gasteiger partial charge in [0.25, 0.3) is 0 Å². The van der Waals surface area contributed by atoms with Crippen LogP contribution >= 0.6 is 11.8 Å². The van der Waals surface area contributed by atoms with E-state index in [1.165, 1.54) is 11.8 Å². The lowest BCUT2D eigenvalue weighted by Gasteiger charge is -2.15. The molecule has 0 unspecified atom stereocenters. The molecule has 1 aromatic heterocycles. The molecule has 0 radical (unpaired) electrons. The van der Waals surface area contributed by atoms with Crippen molar-refractivity contribution in [3.8, 4) is 0 Å². The summed E-state index contributed by atoms with van der Waals surface area (Å²) in [7, 11) is 0. The summed E-state index contributed by atoms with van der Waals surface area (Å²) in [6.07, 6.45) is 1.72. The van der Waals surface area contributed by atoms with Crippen molar-refractivity contribution >= 4 is 28.5 Å². The molecule has 1 aromatic carbocycles. The number of pyridine rings is 1. The number of thioether (sulfide) groups is 1. The second-order valence-corrected chi connectivity index (χ2v) is 5.98. The maximum absolute atomic E-state index is 12.1. The summed E-state index contributed by atoms with van der Waals surface area (Å²) in [5.41, 5.74) is 2.57.